The molecule has 4 nitrogen and oxygen atoms in total. The van der Waals surface area contributed by atoms with Gasteiger partial charge < -0.3 is 4.90 Å². The minimum absolute atomic E-state index is 0.158. The van der Waals surface area contributed by atoms with E-state index < -0.39 is 0 Å². The van der Waals surface area contributed by atoms with Crippen molar-refractivity contribution < 1.29 is 4.79 Å². The van der Waals surface area contributed by atoms with E-state index in [1.807, 2.05) is 29.2 Å². The van der Waals surface area contributed by atoms with Gasteiger partial charge in [0.1, 0.15) is 0 Å². The first-order chi connectivity index (χ1) is 15.0. The lowest BCUT2D eigenvalue weighted by atomic mass is 10.2. The van der Waals surface area contributed by atoms with Crippen LogP contribution in [0.25, 0.3) is 10.2 Å². The van der Waals surface area contributed by atoms with Gasteiger partial charge in [-0.05, 0) is 87.6 Å². The molecular weight excluding hydrogens is 446 g/mol. The zero-order valence-corrected chi connectivity index (χ0v) is 20.8. The van der Waals surface area contributed by atoms with Crippen LogP contribution in [0.1, 0.15) is 31.7 Å². The molecule has 3 aromatic rings. The standard InChI is InChI=1S/C24H30ClN3OS2/c1-4-18-8-13-21-22(17-18)31-24(26-21)28(15-6-14-27(2)3)23(29)7-5-16-30-20-11-9-19(25)10-12-20/h8-13,17H,4-7,14-16H2,1-3H3. The van der Waals surface area contributed by atoms with Gasteiger partial charge in [0.15, 0.2) is 5.13 Å². The number of amides is 1. The van der Waals surface area contributed by atoms with E-state index in [2.05, 4.69) is 44.1 Å². The molecule has 0 aliphatic carbocycles. The first kappa shape index (κ1) is 24.1. The largest absolute Gasteiger partial charge is 0.309 e. The molecule has 0 aliphatic heterocycles. The second-order valence-electron chi connectivity index (χ2n) is 7.76. The van der Waals surface area contributed by atoms with E-state index in [1.54, 1.807) is 23.1 Å². The molecule has 31 heavy (non-hydrogen) atoms. The molecule has 0 fully saturated rings. The highest BCUT2D eigenvalue weighted by atomic mass is 35.5. The van der Waals surface area contributed by atoms with Crippen LogP contribution in [-0.4, -0.2) is 48.7 Å². The van der Waals surface area contributed by atoms with Gasteiger partial charge in [-0.15, -0.1) is 11.8 Å². The van der Waals surface area contributed by atoms with Crippen molar-refractivity contribution >= 4 is 56.0 Å². The minimum Gasteiger partial charge on any atom is -0.309 e. The molecular formula is C24H30ClN3OS2. The minimum atomic E-state index is 0.158. The number of aryl methyl sites for hydroxylation is 1. The topological polar surface area (TPSA) is 36.4 Å². The van der Waals surface area contributed by atoms with Crippen LogP contribution in [-0.2, 0) is 11.2 Å². The van der Waals surface area contributed by atoms with Crippen molar-refractivity contribution in [3.8, 4) is 0 Å². The number of carbonyl (C=O) groups excluding carboxylic acids is 1. The lowest BCUT2D eigenvalue weighted by Crippen LogP contribution is -2.33. The van der Waals surface area contributed by atoms with E-state index >= 15 is 0 Å². The van der Waals surface area contributed by atoms with Crippen LogP contribution in [0.15, 0.2) is 47.4 Å². The number of thioether (sulfide) groups is 1. The molecule has 1 aromatic heterocycles. The summed E-state index contributed by atoms with van der Waals surface area (Å²) in [5, 5.41) is 1.56. The van der Waals surface area contributed by atoms with E-state index in [4.69, 9.17) is 16.6 Å². The van der Waals surface area contributed by atoms with Crippen molar-refractivity contribution in [3.63, 3.8) is 0 Å². The average molecular weight is 476 g/mol. The van der Waals surface area contributed by atoms with Gasteiger partial charge >= 0.3 is 0 Å². The Labute approximate surface area is 198 Å². The monoisotopic (exact) mass is 475 g/mol. The molecule has 0 N–H and O–H groups in total. The number of rotatable bonds is 11. The summed E-state index contributed by atoms with van der Waals surface area (Å²) in [5.74, 6) is 1.06. The molecule has 0 bridgehead atoms. The molecule has 0 atom stereocenters. The fourth-order valence-corrected chi connectivity index (χ4v) is 5.29. The first-order valence-electron chi connectivity index (χ1n) is 10.7. The Hall–Kier alpha value is -1.60. The second-order valence-corrected chi connectivity index (χ2v) is 10.4. The number of carbonyl (C=O) groups is 1. The highest BCUT2D eigenvalue weighted by molar-refractivity contribution is 7.99. The lowest BCUT2D eigenvalue weighted by molar-refractivity contribution is -0.118. The Morgan fingerprint density at radius 1 is 1.10 bits per heavy atom. The number of thiazole rings is 1. The van der Waals surface area contributed by atoms with Crippen LogP contribution in [0.4, 0.5) is 5.13 Å². The van der Waals surface area contributed by atoms with Crippen LogP contribution in [0, 0.1) is 0 Å². The molecule has 2 aromatic carbocycles. The molecule has 166 valence electrons. The van der Waals surface area contributed by atoms with Gasteiger partial charge in [-0.1, -0.05) is 35.9 Å². The number of hydrogen-bond acceptors (Lipinski definition) is 5. The van der Waals surface area contributed by atoms with E-state index in [1.165, 1.54) is 10.5 Å². The van der Waals surface area contributed by atoms with Crippen molar-refractivity contribution in [3.05, 3.63) is 53.1 Å². The first-order valence-corrected chi connectivity index (χ1v) is 12.9. The Morgan fingerprint density at radius 2 is 1.87 bits per heavy atom. The summed E-state index contributed by atoms with van der Waals surface area (Å²) in [6.07, 6.45) is 3.29. The Balaban J connectivity index is 1.64. The zero-order chi connectivity index (χ0) is 22.2. The molecule has 3 rings (SSSR count). The summed E-state index contributed by atoms with van der Waals surface area (Å²) in [5.41, 5.74) is 2.27. The molecule has 0 spiro atoms. The number of halogens is 1. The van der Waals surface area contributed by atoms with E-state index in [9.17, 15) is 4.79 Å². The van der Waals surface area contributed by atoms with Crippen molar-refractivity contribution in [2.75, 3.05) is 37.8 Å². The third-order valence-electron chi connectivity index (χ3n) is 4.99. The van der Waals surface area contributed by atoms with E-state index in [0.29, 0.717) is 13.0 Å². The molecule has 0 saturated heterocycles. The maximum Gasteiger partial charge on any atom is 0.228 e. The number of anilines is 1. The van der Waals surface area contributed by atoms with Gasteiger partial charge in [-0.2, -0.15) is 0 Å². The van der Waals surface area contributed by atoms with Gasteiger partial charge in [0.25, 0.3) is 0 Å². The summed E-state index contributed by atoms with van der Waals surface area (Å²) < 4.78 is 1.15. The number of fused-ring (bicyclic) bond motifs is 1. The molecule has 0 unspecified atom stereocenters. The number of aromatic nitrogens is 1. The van der Waals surface area contributed by atoms with Crippen LogP contribution in [0.2, 0.25) is 5.02 Å². The van der Waals surface area contributed by atoms with Gasteiger partial charge in [-0.3, -0.25) is 9.69 Å². The van der Waals surface area contributed by atoms with Gasteiger partial charge in [0.2, 0.25) is 5.91 Å². The van der Waals surface area contributed by atoms with Crippen LogP contribution in [0.5, 0.6) is 0 Å². The zero-order valence-electron chi connectivity index (χ0n) is 18.4. The van der Waals surface area contributed by atoms with E-state index in [-0.39, 0.29) is 5.91 Å². The number of benzene rings is 2. The summed E-state index contributed by atoms with van der Waals surface area (Å²) in [4.78, 5) is 23.1. The maximum absolute atomic E-state index is 13.1. The Kier molecular flexibility index (Phi) is 9.20. The smallest absolute Gasteiger partial charge is 0.228 e. The van der Waals surface area contributed by atoms with Crippen molar-refractivity contribution in [2.24, 2.45) is 0 Å². The maximum atomic E-state index is 13.1. The molecule has 0 radical (unpaired) electrons. The molecule has 1 heterocycles. The lowest BCUT2D eigenvalue weighted by Gasteiger charge is -2.21. The van der Waals surface area contributed by atoms with Crippen molar-refractivity contribution in [1.82, 2.24) is 9.88 Å². The third kappa shape index (κ3) is 7.21. The van der Waals surface area contributed by atoms with Gasteiger partial charge in [0, 0.05) is 22.9 Å². The number of hydrogen-bond donors (Lipinski definition) is 0. The van der Waals surface area contributed by atoms with Crippen LogP contribution < -0.4 is 4.90 Å². The SMILES string of the molecule is CCc1ccc2nc(N(CCCN(C)C)C(=O)CCCSc3ccc(Cl)cc3)sc2c1. The fourth-order valence-electron chi connectivity index (χ4n) is 3.24. The second kappa shape index (κ2) is 11.9. The van der Waals surface area contributed by atoms with Gasteiger partial charge in [-0.25, -0.2) is 4.98 Å². The molecule has 7 heteroatoms. The van der Waals surface area contributed by atoms with Gasteiger partial charge in [0.05, 0.1) is 10.2 Å². The molecule has 1 amide bonds. The van der Waals surface area contributed by atoms with Crippen molar-refractivity contribution in [2.45, 2.75) is 37.5 Å². The summed E-state index contributed by atoms with van der Waals surface area (Å²) >= 11 is 9.33. The predicted octanol–water partition coefficient (Wildman–Crippen LogP) is 6.37. The number of nitrogens with zero attached hydrogens (tertiary/aromatic N) is 3. The Bertz CT molecular complexity index is 988. The van der Waals surface area contributed by atoms with Crippen molar-refractivity contribution in [1.29, 1.82) is 0 Å². The van der Waals surface area contributed by atoms with Crippen LogP contribution >= 0.6 is 34.7 Å². The Morgan fingerprint density at radius 3 is 2.58 bits per heavy atom. The third-order valence-corrected chi connectivity index (χ3v) is 7.38. The highest BCUT2D eigenvalue weighted by Crippen LogP contribution is 2.31. The summed E-state index contributed by atoms with van der Waals surface area (Å²) in [7, 11) is 4.12. The highest BCUT2D eigenvalue weighted by Gasteiger charge is 2.19. The molecule has 0 saturated carbocycles. The molecule has 0 aliphatic rings. The average Bonchev–Trinajstić information content (AvgIpc) is 3.17. The van der Waals surface area contributed by atoms with Crippen LogP contribution in [0.3, 0.4) is 0 Å². The predicted molar refractivity (Wildman–Crippen MR) is 136 cm³/mol. The fraction of sp³-hybridized carbons (Fsp3) is 0.417. The summed E-state index contributed by atoms with van der Waals surface area (Å²) in [6.45, 7) is 3.80. The normalized spacial score (nSPS) is 11.4. The van der Waals surface area contributed by atoms with E-state index in [0.717, 1.165) is 51.9 Å². The summed E-state index contributed by atoms with van der Waals surface area (Å²) in [6, 6.07) is 14.2. The quantitative estimate of drug-likeness (QED) is 0.238.